The first-order valence-electron chi connectivity index (χ1n) is 5.00. The predicted molar refractivity (Wildman–Crippen MR) is 84.5 cm³/mol. The molecule has 0 spiro atoms. The maximum Gasteiger partial charge on any atom is 0.0701 e. The third-order valence-electron chi connectivity index (χ3n) is 2.36. The average Bonchev–Trinajstić information content (AvgIpc) is 2.62. The molecule has 2 N–H and O–H groups in total. The molecule has 1 unspecified atom stereocenters. The molecule has 0 aliphatic rings. The number of nitrogens with two attached hydrogens (primary N) is 1. The molecule has 1 aromatic heterocycles. The van der Waals surface area contributed by atoms with Crippen LogP contribution in [0.25, 0.3) is 0 Å². The third-order valence-corrected chi connectivity index (χ3v) is 4.92. The lowest BCUT2D eigenvalue weighted by molar-refractivity contribution is 0.729. The molecule has 2 rings (SSSR count). The summed E-state index contributed by atoms with van der Waals surface area (Å²) in [7, 11) is 0. The first kappa shape index (κ1) is 13.7. The van der Waals surface area contributed by atoms with Crippen molar-refractivity contribution >= 4 is 59.1 Å². The zero-order valence-electron chi connectivity index (χ0n) is 8.79. The monoisotopic (exact) mass is 437 g/mol. The molecule has 0 amide bonds. The molecule has 17 heavy (non-hydrogen) atoms. The summed E-state index contributed by atoms with van der Waals surface area (Å²) in [5.41, 5.74) is 7.36. The van der Waals surface area contributed by atoms with Crippen LogP contribution >= 0.6 is 59.1 Å². The number of hydrogen-bond donors (Lipinski definition) is 1. The molecule has 0 fully saturated rings. The van der Waals surface area contributed by atoms with E-state index in [4.69, 9.17) is 5.73 Å². The normalized spacial score (nSPS) is 12.7. The highest BCUT2D eigenvalue weighted by molar-refractivity contribution is 9.11. The van der Waals surface area contributed by atoms with Crippen LogP contribution in [0, 0.1) is 0 Å². The Bertz CT molecular complexity index is 504. The van der Waals surface area contributed by atoms with Crippen molar-refractivity contribution in [3.63, 3.8) is 0 Å². The summed E-state index contributed by atoms with van der Waals surface area (Å²) < 4.78 is 3.24. The zero-order chi connectivity index (χ0) is 12.4. The molecular formula is C12H10Br3NS. The van der Waals surface area contributed by atoms with Crippen molar-refractivity contribution in [3.05, 3.63) is 53.5 Å². The number of rotatable bonds is 3. The van der Waals surface area contributed by atoms with Crippen molar-refractivity contribution in [1.82, 2.24) is 0 Å². The van der Waals surface area contributed by atoms with E-state index in [1.807, 2.05) is 6.07 Å². The second-order valence-corrected chi connectivity index (χ2v) is 8.10. The number of benzene rings is 1. The van der Waals surface area contributed by atoms with E-state index in [1.54, 1.807) is 11.3 Å². The highest BCUT2D eigenvalue weighted by Gasteiger charge is 2.10. The fraction of sp³-hybridized carbons (Fsp3) is 0.167. The van der Waals surface area contributed by atoms with Crippen LogP contribution in [0.2, 0.25) is 0 Å². The summed E-state index contributed by atoms with van der Waals surface area (Å²) in [5, 5.41) is 0. The average molecular weight is 440 g/mol. The van der Waals surface area contributed by atoms with Gasteiger partial charge in [0.15, 0.2) is 0 Å². The minimum absolute atomic E-state index is 0.0225. The van der Waals surface area contributed by atoms with Gasteiger partial charge in [-0.25, -0.2) is 0 Å². The molecular weight excluding hydrogens is 430 g/mol. The van der Waals surface area contributed by atoms with E-state index >= 15 is 0 Å². The van der Waals surface area contributed by atoms with E-state index in [0.717, 1.165) is 24.7 Å². The zero-order valence-corrected chi connectivity index (χ0v) is 14.4. The van der Waals surface area contributed by atoms with Gasteiger partial charge in [-0.1, -0.05) is 31.9 Å². The van der Waals surface area contributed by atoms with E-state index in [-0.39, 0.29) is 6.04 Å². The van der Waals surface area contributed by atoms with Crippen molar-refractivity contribution in [2.24, 2.45) is 5.73 Å². The van der Waals surface area contributed by atoms with Gasteiger partial charge in [0.2, 0.25) is 0 Å². The molecule has 0 radical (unpaired) electrons. The highest BCUT2D eigenvalue weighted by Crippen LogP contribution is 2.28. The van der Waals surface area contributed by atoms with E-state index in [0.29, 0.717) is 0 Å². The van der Waals surface area contributed by atoms with E-state index < -0.39 is 0 Å². The summed E-state index contributed by atoms with van der Waals surface area (Å²) >= 11 is 12.2. The molecule has 2 aromatic rings. The van der Waals surface area contributed by atoms with Crippen LogP contribution in [0.4, 0.5) is 0 Å². The van der Waals surface area contributed by atoms with Gasteiger partial charge in [-0.2, -0.15) is 0 Å². The van der Waals surface area contributed by atoms with Crippen LogP contribution in [0.5, 0.6) is 0 Å². The Morgan fingerprint density at radius 1 is 1.06 bits per heavy atom. The van der Waals surface area contributed by atoms with Crippen LogP contribution in [-0.2, 0) is 6.42 Å². The van der Waals surface area contributed by atoms with Gasteiger partial charge in [-0.15, -0.1) is 11.3 Å². The Hall–Kier alpha value is 0.320. The van der Waals surface area contributed by atoms with Gasteiger partial charge in [-0.05, 0) is 51.8 Å². The third kappa shape index (κ3) is 3.89. The number of hydrogen-bond acceptors (Lipinski definition) is 2. The molecule has 0 aliphatic carbocycles. The summed E-state index contributed by atoms with van der Waals surface area (Å²) in [6.07, 6.45) is 0.860. The predicted octanol–water partition coefficient (Wildman–Crippen LogP) is 5.28. The molecule has 0 saturated carbocycles. The summed E-state index contributed by atoms with van der Waals surface area (Å²) in [6.45, 7) is 0. The minimum atomic E-state index is 0.0225. The van der Waals surface area contributed by atoms with Crippen molar-refractivity contribution < 1.29 is 0 Å². The SMILES string of the molecule is NC(Cc1ccc(Br)s1)c1cc(Br)cc(Br)c1. The van der Waals surface area contributed by atoms with Gasteiger partial charge in [0.05, 0.1) is 3.79 Å². The van der Waals surface area contributed by atoms with E-state index in [1.165, 1.54) is 4.88 Å². The molecule has 0 saturated heterocycles. The van der Waals surface area contributed by atoms with Crippen molar-refractivity contribution in [1.29, 1.82) is 0 Å². The van der Waals surface area contributed by atoms with Crippen molar-refractivity contribution in [3.8, 4) is 0 Å². The Morgan fingerprint density at radius 3 is 2.24 bits per heavy atom. The van der Waals surface area contributed by atoms with Crippen molar-refractivity contribution in [2.45, 2.75) is 12.5 Å². The topological polar surface area (TPSA) is 26.0 Å². The second kappa shape index (κ2) is 5.97. The summed E-state index contributed by atoms with van der Waals surface area (Å²) in [5.74, 6) is 0. The van der Waals surface area contributed by atoms with Gasteiger partial charge in [0, 0.05) is 26.3 Å². The molecule has 1 heterocycles. The highest BCUT2D eigenvalue weighted by atomic mass is 79.9. The smallest absolute Gasteiger partial charge is 0.0701 e. The number of thiophene rings is 1. The maximum absolute atomic E-state index is 6.22. The fourth-order valence-corrected chi connectivity index (χ4v) is 4.46. The van der Waals surface area contributed by atoms with Crippen LogP contribution in [0.3, 0.4) is 0 Å². The molecule has 0 bridgehead atoms. The van der Waals surface area contributed by atoms with Gasteiger partial charge in [-0.3, -0.25) is 0 Å². The Kier molecular flexibility index (Phi) is 4.83. The minimum Gasteiger partial charge on any atom is -0.324 e. The van der Waals surface area contributed by atoms with E-state index in [2.05, 4.69) is 72.1 Å². The Morgan fingerprint density at radius 2 is 1.71 bits per heavy atom. The molecule has 90 valence electrons. The number of halogens is 3. The summed E-state index contributed by atoms with van der Waals surface area (Å²) in [6, 6.07) is 10.3. The molecule has 1 nitrogen and oxygen atoms in total. The van der Waals surface area contributed by atoms with Gasteiger partial charge in [0.25, 0.3) is 0 Å². The molecule has 1 atom stereocenters. The Balaban J connectivity index is 2.16. The second-order valence-electron chi connectivity index (χ2n) is 3.72. The van der Waals surface area contributed by atoms with Crippen LogP contribution in [0.15, 0.2) is 43.1 Å². The first-order chi connectivity index (χ1) is 8.04. The lowest BCUT2D eigenvalue weighted by Gasteiger charge is -2.12. The van der Waals surface area contributed by atoms with Gasteiger partial charge in [0.1, 0.15) is 0 Å². The fourth-order valence-electron chi connectivity index (χ4n) is 1.59. The lowest BCUT2D eigenvalue weighted by atomic mass is 10.0. The first-order valence-corrected chi connectivity index (χ1v) is 8.20. The van der Waals surface area contributed by atoms with Crippen LogP contribution in [0.1, 0.15) is 16.5 Å². The molecule has 5 heteroatoms. The van der Waals surface area contributed by atoms with Gasteiger partial charge < -0.3 is 5.73 Å². The van der Waals surface area contributed by atoms with E-state index in [9.17, 15) is 0 Å². The maximum atomic E-state index is 6.22. The van der Waals surface area contributed by atoms with Gasteiger partial charge >= 0.3 is 0 Å². The van der Waals surface area contributed by atoms with Crippen molar-refractivity contribution in [2.75, 3.05) is 0 Å². The standard InChI is InChI=1S/C12H10Br3NS/c13-8-3-7(4-9(14)5-8)11(16)6-10-1-2-12(15)17-10/h1-5,11H,6,16H2. The summed E-state index contributed by atoms with van der Waals surface area (Å²) in [4.78, 5) is 1.29. The van der Waals surface area contributed by atoms with Crippen LogP contribution in [-0.4, -0.2) is 0 Å². The quantitative estimate of drug-likeness (QED) is 0.691. The Labute approximate surface area is 130 Å². The lowest BCUT2D eigenvalue weighted by Crippen LogP contribution is -2.12. The van der Waals surface area contributed by atoms with Crippen LogP contribution < -0.4 is 5.73 Å². The molecule has 1 aromatic carbocycles. The molecule has 0 aliphatic heterocycles. The largest absolute Gasteiger partial charge is 0.324 e.